The zero-order chi connectivity index (χ0) is 15.2. The lowest BCUT2D eigenvalue weighted by molar-refractivity contribution is -0.120. The average molecular weight is 294 g/mol. The van der Waals surface area contributed by atoms with Gasteiger partial charge in [-0.25, -0.2) is 0 Å². The van der Waals surface area contributed by atoms with Crippen molar-refractivity contribution in [3.05, 3.63) is 18.2 Å². The molecular formula is C15H22N2O4. The Labute approximate surface area is 124 Å². The van der Waals surface area contributed by atoms with Gasteiger partial charge >= 0.3 is 0 Å². The van der Waals surface area contributed by atoms with E-state index in [1.165, 1.54) is 0 Å². The lowest BCUT2D eigenvalue weighted by Gasteiger charge is -2.17. The van der Waals surface area contributed by atoms with Gasteiger partial charge in [0.2, 0.25) is 11.7 Å². The summed E-state index contributed by atoms with van der Waals surface area (Å²) >= 11 is 0. The van der Waals surface area contributed by atoms with Crippen LogP contribution in [0.2, 0.25) is 0 Å². The van der Waals surface area contributed by atoms with Gasteiger partial charge in [0.05, 0.1) is 26.9 Å². The maximum Gasteiger partial charge on any atom is 0.234 e. The second kappa shape index (κ2) is 7.17. The molecule has 0 radical (unpaired) electrons. The van der Waals surface area contributed by atoms with Gasteiger partial charge in [-0.15, -0.1) is 0 Å². The molecule has 1 aromatic carbocycles. The van der Waals surface area contributed by atoms with E-state index in [1.807, 2.05) is 6.07 Å². The minimum absolute atomic E-state index is 0.350. The second-order valence-electron chi connectivity index (χ2n) is 5.02. The summed E-state index contributed by atoms with van der Waals surface area (Å²) in [5, 5.41) is 3.22. The van der Waals surface area contributed by atoms with Crippen LogP contribution in [0.3, 0.4) is 0 Å². The molecule has 0 aromatic heterocycles. The molecule has 1 aliphatic carbocycles. The molecule has 1 amide bonds. The van der Waals surface area contributed by atoms with Crippen molar-refractivity contribution in [3.63, 3.8) is 0 Å². The van der Waals surface area contributed by atoms with Crippen molar-refractivity contribution in [2.75, 3.05) is 20.8 Å². The molecule has 6 nitrogen and oxygen atoms in total. The molecule has 116 valence electrons. The summed E-state index contributed by atoms with van der Waals surface area (Å²) in [5.74, 6) is 1.38. The number of carbonyl (C=O) groups is 1. The van der Waals surface area contributed by atoms with Gasteiger partial charge in [0, 0.05) is 12.5 Å². The van der Waals surface area contributed by atoms with Crippen LogP contribution in [0.15, 0.2) is 18.2 Å². The van der Waals surface area contributed by atoms with Crippen molar-refractivity contribution in [1.29, 1.82) is 0 Å². The average Bonchev–Trinajstić information content (AvgIpc) is 3.30. The largest absolute Gasteiger partial charge is 0.493 e. The molecular weight excluding hydrogens is 272 g/mol. The third kappa shape index (κ3) is 4.26. The topological polar surface area (TPSA) is 82.8 Å². The number of benzene rings is 1. The lowest BCUT2D eigenvalue weighted by Crippen LogP contribution is -2.43. The molecule has 1 atom stereocenters. The third-order valence-electron chi connectivity index (χ3n) is 3.39. The molecule has 0 bridgehead atoms. The third-order valence-corrected chi connectivity index (χ3v) is 3.39. The second-order valence-corrected chi connectivity index (χ2v) is 5.02. The molecule has 0 spiro atoms. The zero-order valence-electron chi connectivity index (χ0n) is 12.4. The fourth-order valence-corrected chi connectivity index (χ4v) is 2.08. The fourth-order valence-electron chi connectivity index (χ4n) is 2.08. The Morgan fingerprint density at radius 2 is 1.95 bits per heavy atom. The fraction of sp³-hybridized carbons (Fsp3) is 0.533. The van der Waals surface area contributed by atoms with Crippen LogP contribution in [-0.2, 0) is 4.79 Å². The Balaban J connectivity index is 1.93. The first-order chi connectivity index (χ1) is 10.2. The lowest BCUT2D eigenvalue weighted by atomic mass is 10.2. The van der Waals surface area contributed by atoms with Crippen LogP contribution in [-0.4, -0.2) is 38.8 Å². The Hall–Kier alpha value is -1.95. The standard InChI is InChI=1S/C15H22N2O4/c1-19-12-4-3-5-13(20-2)14(12)21-9-8-11(15(16)18)17-10-6-7-10/h3-5,10-11,17H,6-9H2,1-2H3,(H2,16,18). The molecule has 1 saturated carbocycles. The number of nitrogens with one attached hydrogen (secondary N) is 1. The number of hydrogen-bond acceptors (Lipinski definition) is 5. The highest BCUT2D eigenvalue weighted by Gasteiger charge is 2.27. The summed E-state index contributed by atoms with van der Waals surface area (Å²) in [6.07, 6.45) is 2.71. The Kier molecular flexibility index (Phi) is 5.27. The molecule has 0 heterocycles. The number of hydrogen-bond donors (Lipinski definition) is 2. The van der Waals surface area contributed by atoms with E-state index in [2.05, 4.69) is 5.32 Å². The number of primary amides is 1. The predicted molar refractivity (Wildman–Crippen MR) is 78.8 cm³/mol. The van der Waals surface area contributed by atoms with E-state index in [1.54, 1.807) is 26.4 Å². The molecule has 1 aromatic rings. The van der Waals surface area contributed by atoms with E-state index in [0.29, 0.717) is 36.3 Å². The number of amides is 1. The number of rotatable bonds is 9. The van der Waals surface area contributed by atoms with Crippen molar-refractivity contribution >= 4 is 5.91 Å². The van der Waals surface area contributed by atoms with Crippen molar-refractivity contribution in [1.82, 2.24) is 5.32 Å². The Morgan fingerprint density at radius 3 is 2.43 bits per heavy atom. The first kappa shape index (κ1) is 15.4. The Bertz CT molecular complexity index is 466. The van der Waals surface area contributed by atoms with Crippen LogP contribution in [0.1, 0.15) is 19.3 Å². The highest BCUT2D eigenvalue weighted by molar-refractivity contribution is 5.79. The van der Waals surface area contributed by atoms with Crippen LogP contribution < -0.4 is 25.3 Å². The molecule has 21 heavy (non-hydrogen) atoms. The zero-order valence-corrected chi connectivity index (χ0v) is 12.4. The van der Waals surface area contributed by atoms with E-state index in [-0.39, 0.29) is 11.9 Å². The van der Waals surface area contributed by atoms with E-state index in [0.717, 1.165) is 12.8 Å². The summed E-state index contributed by atoms with van der Waals surface area (Å²) in [5.41, 5.74) is 5.40. The number of methoxy groups -OCH3 is 2. The Morgan fingerprint density at radius 1 is 1.33 bits per heavy atom. The number of ether oxygens (including phenoxy) is 3. The minimum Gasteiger partial charge on any atom is -0.493 e. The van der Waals surface area contributed by atoms with Crippen molar-refractivity contribution < 1.29 is 19.0 Å². The molecule has 0 saturated heterocycles. The van der Waals surface area contributed by atoms with Gasteiger partial charge in [0.15, 0.2) is 11.5 Å². The summed E-state index contributed by atoms with van der Waals surface area (Å²) in [6, 6.07) is 5.48. The van der Waals surface area contributed by atoms with Gasteiger partial charge in [-0.05, 0) is 25.0 Å². The van der Waals surface area contributed by atoms with Crippen molar-refractivity contribution in [2.45, 2.75) is 31.3 Å². The number of para-hydroxylation sites is 1. The summed E-state index contributed by atoms with van der Waals surface area (Å²) in [7, 11) is 3.14. The summed E-state index contributed by atoms with van der Waals surface area (Å²) in [6.45, 7) is 0.351. The maximum absolute atomic E-state index is 11.4. The van der Waals surface area contributed by atoms with Gasteiger partial charge in [0.1, 0.15) is 0 Å². The van der Waals surface area contributed by atoms with Crippen molar-refractivity contribution in [3.8, 4) is 17.2 Å². The molecule has 6 heteroatoms. The van der Waals surface area contributed by atoms with Crippen LogP contribution in [0.25, 0.3) is 0 Å². The molecule has 0 aliphatic heterocycles. The van der Waals surface area contributed by atoms with Gasteiger partial charge in [-0.1, -0.05) is 6.07 Å². The molecule has 1 fully saturated rings. The molecule has 1 aliphatic rings. The van der Waals surface area contributed by atoms with Gasteiger partial charge < -0.3 is 25.3 Å². The predicted octanol–water partition coefficient (Wildman–Crippen LogP) is 1.08. The summed E-state index contributed by atoms with van der Waals surface area (Å²) in [4.78, 5) is 11.4. The van der Waals surface area contributed by atoms with E-state index in [9.17, 15) is 4.79 Å². The number of nitrogens with two attached hydrogens (primary N) is 1. The first-order valence-electron chi connectivity index (χ1n) is 7.05. The highest BCUT2D eigenvalue weighted by atomic mass is 16.5. The minimum atomic E-state index is -0.363. The van der Waals surface area contributed by atoms with Crippen LogP contribution >= 0.6 is 0 Å². The van der Waals surface area contributed by atoms with E-state index in [4.69, 9.17) is 19.9 Å². The van der Waals surface area contributed by atoms with Crippen LogP contribution in [0, 0.1) is 0 Å². The van der Waals surface area contributed by atoms with E-state index >= 15 is 0 Å². The maximum atomic E-state index is 11.4. The van der Waals surface area contributed by atoms with Crippen molar-refractivity contribution in [2.24, 2.45) is 5.73 Å². The van der Waals surface area contributed by atoms with Gasteiger partial charge in [-0.2, -0.15) is 0 Å². The molecule has 1 unspecified atom stereocenters. The monoisotopic (exact) mass is 294 g/mol. The highest BCUT2D eigenvalue weighted by Crippen LogP contribution is 2.36. The first-order valence-corrected chi connectivity index (χ1v) is 7.05. The molecule has 3 N–H and O–H groups in total. The van der Waals surface area contributed by atoms with E-state index < -0.39 is 0 Å². The SMILES string of the molecule is COc1cccc(OC)c1OCCC(NC1CC1)C(N)=O. The van der Waals surface area contributed by atoms with Crippen LogP contribution in [0.4, 0.5) is 0 Å². The molecule has 2 rings (SSSR count). The quantitative estimate of drug-likeness (QED) is 0.712. The van der Waals surface area contributed by atoms with Gasteiger partial charge in [0.25, 0.3) is 0 Å². The smallest absolute Gasteiger partial charge is 0.234 e. The van der Waals surface area contributed by atoms with Crippen LogP contribution in [0.5, 0.6) is 17.2 Å². The normalized spacial score (nSPS) is 15.3. The van der Waals surface area contributed by atoms with Gasteiger partial charge in [-0.3, -0.25) is 4.79 Å². The number of carbonyl (C=O) groups excluding carboxylic acids is 1. The summed E-state index contributed by atoms with van der Waals surface area (Å²) < 4.78 is 16.2.